The number of hydrogen-bond acceptors (Lipinski definition) is 6. The van der Waals surface area contributed by atoms with Crippen molar-refractivity contribution in [3.63, 3.8) is 0 Å². The Kier molecular flexibility index (Phi) is 3.80. The lowest BCUT2D eigenvalue weighted by atomic mass is 10.1. The van der Waals surface area contributed by atoms with Gasteiger partial charge in [-0.25, -0.2) is 4.98 Å². The number of fused-ring (bicyclic) bond motifs is 1. The molecule has 1 aliphatic rings. The SMILES string of the molecule is COc1cc(-c2ccc3c(n2)CN(c2cnn(C)c2)C3=O)cnc1OC. The zero-order chi connectivity index (χ0) is 18.3. The first-order valence-corrected chi connectivity index (χ1v) is 7.99. The molecule has 4 rings (SSSR count). The van der Waals surface area contributed by atoms with Crippen molar-refractivity contribution < 1.29 is 14.3 Å². The zero-order valence-corrected chi connectivity index (χ0v) is 14.6. The van der Waals surface area contributed by atoms with Gasteiger partial charge in [0, 0.05) is 25.0 Å². The highest BCUT2D eigenvalue weighted by molar-refractivity contribution is 6.09. The molecule has 4 heterocycles. The number of methoxy groups -OCH3 is 2. The molecule has 8 nitrogen and oxygen atoms in total. The second kappa shape index (κ2) is 6.14. The van der Waals surface area contributed by atoms with Crippen LogP contribution in [0.25, 0.3) is 11.3 Å². The summed E-state index contributed by atoms with van der Waals surface area (Å²) in [5, 5.41) is 4.13. The van der Waals surface area contributed by atoms with Gasteiger partial charge in [0.2, 0.25) is 0 Å². The van der Waals surface area contributed by atoms with Gasteiger partial charge in [-0.1, -0.05) is 0 Å². The fourth-order valence-electron chi connectivity index (χ4n) is 2.97. The van der Waals surface area contributed by atoms with Crippen molar-refractivity contribution in [2.45, 2.75) is 6.54 Å². The first-order chi connectivity index (χ1) is 12.6. The predicted octanol–water partition coefficient (Wildman–Crippen LogP) is 2.05. The van der Waals surface area contributed by atoms with Crippen molar-refractivity contribution in [2.75, 3.05) is 19.1 Å². The van der Waals surface area contributed by atoms with Gasteiger partial charge in [-0.3, -0.25) is 19.4 Å². The van der Waals surface area contributed by atoms with Gasteiger partial charge < -0.3 is 9.47 Å². The third-order valence-corrected chi connectivity index (χ3v) is 4.29. The Balaban J connectivity index is 1.69. The van der Waals surface area contributed by atoms with E-state index in [0.717, 1.165) is 22.6 Å². The second-order valence-electron chi connectivity index (χ2n) is 5.89. The molecule has 3 aromatic heterocycles. The molecule has 0 unspecified atom stereocenters. The van der Waals surface area contributed by atoms with Crippen LogP contribution < -0.4 is 14.4 Å². The summed E-state index contributed by atoms with van der Waals surface area (Å²) in [6.45, 7) is 0.411. The number of carbonyl (C=O) groups is 1. The van der Waals surface area contributed by atoms with E-state index in [1.54, 1.807) is 35.2 Å². The van der Waals surface area contributed by atoms with Crippen LogP contribution in [0.1, 0.15) is 16.1 Å². The number of amides is 1. The predicted molar refractivity (Wildman–Crippen MR) is 94.3 cm³/mol. The fourth-order valence-corrected chi connectivity index (χ4v) is 2.97. The molecule has 0 atom stereocenters. The number of pyridine rings is 2. The molecule has 1 amide bonds. The van der Waals surface area contributed by atoms with Gasteiger partial charge in [-0.2, -0.15) is 5.10 Å². The van der Waals surface area contributed by atoms with Crippen LogP contribution >= 0.6 is 0 Å². The highest BCUT2D eigenvalue weighted by Gasteiger charge is 2.30. The average Bonchev–Trinajstić information content (AvgIpc) is 3.24. The number of ether oxygens (including phenoxy) is 2. The Bertz CT molecular complexity index is 998. The number of aromatic nitrogens is 4. The normalized spacial score (nSPS) is 13.0. The van der Waals surface area contributed by atoms with Gasteiger partial charge in [0.15, 0.2) is 5.75 Å². The third-order valence-electron chi connectivity index (χ3n) is 4.29. The van der Waals surface area contributed by atoms with E-state index < -0.39 is 0 Å². The molecule has 0 aliphatic carbocycles. The molecular formula is C18H17N5O3. The summed E-state index contributed by atoms with van der Waals surface area (Å²) >= 11 is 0. The first kappa shape index (κ1) is 16.1. The van der Waals surface area contributed by atoms with Crippen LogP contribution in [0.2, 0.25) is 0 Å². The lowest BCUT2D eigenvalue weighted by Gasteiger charge is -2.11. The minimum atomic E-state index is -0.0718. The number of anilines is 1. The molecule has 0 saturated carbocycles. The summed E-state index contributed by atoms with van der Waals surface area (Å²) in [4.78, 5) is 23.2. The average molecular weight is 351 g/mol. The van der Waals surface area contributed by atoms with Crippen molar-refractivity contribution >= 4 is 11.6 Å². The highest BCUT2D eigenvalue weighted by atomic mass is 16.5. The van der Waals surface area contributed by atoms with Crippen LogP contribution in [0.5, 0.6) is 11.6 Å². The van der Waals surface area contributed by atoms with Gasteiger partial charge in [0.25, 0.3) is 11.8 Å². The van der Waals surface area contributed by atoms with Crippen molar-refractivity contribution in [1.29, 1.82) is 0 Å². The summed E-state index contributed by atoms with van der Waals surface area (Å²) in [7, 11) is 4.91. The van der Waals surface area contributed by atoms with E-state index in [1.165, 1.54) is 7.11 Å². The van der Waals surface area contributed by atoms with Gasteiger partial charge in [0.05, 0.1) is 49.6 Å². The smallest absolute Gasteiger partial charge is 0.260 e. The molecule has 1 aliphatic heterocycles. The van der Waals surface area contributed by atoms with Crippen molar-refractivity contribution in [1.82, 2.24) is 19.7 Å². The monoisotopic (exact) mass is 351 g/mol. The number of rotatable bonds is 4. The van der Waals surface area contributed by atoms with Crippen molar-refractivity contribution in [3.05, 3.63) is 48.0 Å². The van der Waals surface area contributed by atoms with Gasteiger partial charge in [-0.05, 0) is 18.2 Å². The van der Waals surface area contributed by atoms with Gasteiger partial charge in [-0.15, -0.1) is 0 Å². The lowest BCUT2D eigenvalue weighted by molar-refractivity contribution is 0.0996. The number of carbonyl (C=O) groups excluding carboxylic acids is 1. The van der Waals surface area contributed by atoms with Gasteiger partial charge in [0.1, 0.15) is 0 Å². The maximum Gasteiger partial charge on any atom is 0.260 e. The van der Waals surface area contributed by atoms with Crippen LogP contribution in [0.15, 0.2) is 36.8 Å². The van der Waals surface area contributed by atoms with Crippen LogP contribution in [0.4, 0.5) is 5.69 Å². The molecule has 3 aromatic rings. The summed E-state index contributed by atoms with van der Waals surface area (Å²) in [6.07, 6.45) is 5.15. The van der Waals surface area contributed by atoms with E-state index in [9.17, 15) is 4.79 Å². The van der Waals surface area contributed by atoms with Crippen LogP contribution in [0, 0.1) is 0 Å². The topological polar surface area (TPSA) is 82.4 Å². The summed E-state index contributed by atoms with van der Waals surface area (Å²) < 4.78 is 12.1. The number of aryl methyl sites for hydroxylation is 1. The van der Waals surface area contributed by atoms with E-state index in [-0.39, 0.29) is 5.91 Å². The van der Waals surface area contributed by atoms with Crippen LogP contribution in [-0.2, 0) is 13.6 Å². The Morgan fingerprint density at radius 2 is 2.00 bits per heavy atom. The van der Waals surface area contributed by atoms with E-state index in [2.05, 4.69) is 15.1 Å². The molecular weight excluding hydrogens is 334 g/mol. The van der Waals surface area contributed by atoms with E-state index in [0.29, 0.717) is 23.7 Å². The van der Waals surface area contributed by atoms with E-state index in [1.807, 2.05) is 25.4 Å². The molecule has 0 fully saturated rings. The molecule has 132 valence electrons. The molecule has 0 spiro atoms. The van der Waals surface area contributed by atoms with Crippen LogP contribution in [0.3, 0.4) is 0 Å². The molecule has 26 heavy (non-hydrogen) atoms. The fraction of sp³-hybridized carbons (Fsp3) is 0.222. The first-order valence-electron chi connectivity index (χ1n) is 7.99. The zero-order valence-electron chi connectivity index (χ0n) is 14.6. The Morgan fingerprint density at radius 3 is 2.69 bits per heavy atom. The molecule has 8 heteroatoms. The van der Waals surface area contributed by atoms with Crippen molar-refractivity contribution in [2.24, 2.45) is 7.05 Å². The second-order valence-corrected chi connectivity index (χ2v) is 5.89. The maximum absolute atomic E-state index is 12.6. The van der Waals surface area contributed by atoms with Crippen molar-refractivity contribution in [3.8, 4) is 22.9 Å². The number of hydrogen-bond donors (Lipinski definition) is 0. The Hall–Kier alpha value is -3.42. The Morgan fingerprint density at radius 1 is 1.15 bits per heavy atom. The summed E-state index contributed by atoms with van der Waals surface area (Å²) in [5.41, 5.74) is 3.60. The molecule has 0 aromatic carbocycles. The highest BCUT2D eigenvalue weighted by Crippen LogP contribution is 2.32. The Labute approximate surface area is 150 Å². The van der Waals surface area contributed by atoms with E-state index >= 15 is 0 Å². The number of nitrogens with zero attached hydrogens (tertiary/aromatic N) is 5. The molecule has 0 saturated heterocycles. The quantitative estimate of drug-likeness (QED) is 0.715. The molecule has 0 bridgehead atoms. The standard InChI is InChI=1S/C18H17N5O3/c1-22-9-12(8-20-22)23-10-15-13(18(23)24)4-5-14(21-15)11-6-16(25-2)17(26-3)19-7-11/h4-9H,10H2,1-3H3. The largest absolute Gasteiger partial charge is 0.491 e. The summed E-state index contributed by atoms with van der Waals surface area (Å²) in [5.74, 6) is 0.869. The van der Waals surface area contributed by atoms with Crippen LogP contribution in [-0.4, -0.2) is 39.9 Å². The minimum absolute atomic E-state index is 0.0718. The van der Waals surface area contributed by atoms with E-state index in [4.69, 9.17) is 9.47 Å². The maximum atomic E-state index is 12.6. The third kappa shape index (κ3) is 2.55. The van der Waals surface area contributed by atoms with Gasteiger partial charge >= 0.3 is 0 Å². The summed E-state index contributed by atoms with van der Waals surface area (Å²) in [6, 6.07) is 5.43. The molecule has 0 N–H and O–H groups in total. The molecule has 0 radical (unpaired) electrons. The minimum Gasteiger partial charge on any atom is -0.491 e. The lowest BCUT2D eigenvalue weighted by Crippen LogP contribution is -2.22.